The van der Waals surface area contributed by atoms with Crippen molar-refractivity contribution in [2.45, 2.75) is 62.9 Å². The summed E-state index contributed by atoms with van der Waals surface area (Å²) in [4.78, 5) is 47.5. The molecule has 208 valence electrons. The molecule has 3 amide bonds. The third-order valence-corrected chi connectivity index (χ3v) is 6.61. The van der Waals surface area contributed by atoms with Gasteiger partial charge in [-0.05, 0) is 30.1 Å². The number of hydrogen-bond donors (Lipinski definition) is 5. The largest absolute Gasteiger partial charge is 0.391 e. The second-order valence-corrected chi connectivity index (χ2v) is 9.91. The van der Waals surface area contributed by atoms with E-state index in [0.29, 0.717) is 17.7 Å². The van der Waals surface area contributed by atoms with Crippen molar-refractivity contribution in [1.29, 1.82) is 0 Å². The lowest BCUT2D eigenvalue weighted by atomic mass is 9.88. The Labute approximate surface area is 224 Å². The first-order chi connectivity index (χ1) is 18.1. The van der Waals surface area contributed by atoms with Crippen LogP contribution in [0, 0.1) is 16.7 Å². The van der Waals surface area contributed by atoms with Gasteiger partial charge in [0.2, 0.25) is 5.91 Å². The van der Waals surface area contributed by atoms with E-state index in [1.165, 1.54) is 6.92 Å². The Morgan fingerprint density at radius 2 is 2.00 bits per heavy atom. The molecule has 6 atom stereocenters. The predicted molar refractivity (Wildman–Crippen MR) is 139 cm³/mol. The van der Waals surface area contributed by atoms with Gasteiger partial charge in [-0.1, -0.05) is 31.0 Å². The number of ether oxygens (including phenoxy) is 2. The van der Waals surface area contributed by atoms with Gasteiger partial charge in [0.25, 0.3) is 11.7 Å². The Kier molecular flexibility index (Phi) is 12.8. The molecule has 0 saturated carbocycles. The van der Waals surface area contributed by atoms with E-state index >= 15 is 0 Å². The lowest BCUT2D eigenvalue weighted by molar-refractivity contribution is -0.301. The molecule has 0 aliphatic carbocycles. The summed E-state index contributed by atoms with van der Waals surface area (Å²) in [6.45, 7) is 2.65. The number of carbonyl (C=O) groups excluding carboxylic acids is 3. The zero-order chi connectivity index (χ0) is 28.1. The van der Waals surface area contributed by atoms with Gasteiger partial charge < -0.3 is 35.4 Å². The van der Waals surface area contributed by atoms with Gasteiger partial charge in [-0.15, -0.1) is 4.91 Å². The summed E-state index contributed by atoms with van der Waals surface area (Å²) in [5.74, 6) is 1.56. The highest BCUT2D eigenvalue weighted by Gasteiger charge is 2.56. The summed E-state index contributed by atoms with van der Waals surface area (Å²) < 4.78 is 11.3. The monoisotopic (exact) mass is 551 g/mol. The molecule has 0 aromatic heterocycles. The minimum atomic E-state index is -2.33. The molecule has 6 unspecified atom stereocenters. The van der Waals surface area contributed by atoms with Crippen molar-refractivity contribution in [3.8, 4) is 11.8 Å². The minimum Gasteiger partial charge on any atom is -0.391 e. The van der Waals surface area contributed by atoms with E-state index in [9.17, 15) is 34.6 Å². The number of rotatable bonds is 12. The average Bonchev–Trinajstić information content (AvgIpc) is 2.91. The molecular weight excluding hydrogens is 518 g/mol. The van der Waals surface area contributed by atoms with Crippen LogP contribution < -0.4 is 10.6 Å². The molecule has 1 aromatic rings. The second kappa shape index (κ2) is 15.5. The number of benzene rings is 1. The summed E-state index contributed by atoms with van der Waals surface area (Å²) in [5.41, 5.74) is 0.601. The van der Waals surface area contributed by atoms with Gasteiger partial charge in [0.15, 0.2) is 0 Å². The molecule has 1 aliphatic heterocycles. The highest BCUT2D eigenvalue weighted by molar-refractivity contribution is 7.99. The van der Waals surface area contributed by atoms with Crippen LogP contribution in [0.1, 0.15) is 32.3 Å². The lowest BCUT2D eigenvalue weighted by Gasteiger charge is -2.46. The Bertz CT molecular complexity index is 1020. The van der Waals surface area contributed by atoms with Gasteiger partial charge >= 0.3 is 5.91 Å². The SMILES string of the molecule is CCSCCCOC1(C(=O)N=O)CC(O)C(NC(C)=O)C(C(O)C(O)CNC(=O)C#Cc2ccccc2)O1. The maximum absolute atomic E-state index is 12.5. The third kappa shape index (κ3) is 9.16. The van der Waals surface area contributed by atoms with Gasteiger partial charge in [0, 0.05) is 36.6 Å². The molecule has 1 heterocycles. The van der Waals surface area contributed by atoms with Crippen molar-refractivity contribution in [2.24, 2.45) is 5.18 Å². The van der Waals surface area contributed by atoms with E-state index in [2.05, 4.69) is 27.7 Å². The molecule has 13 heteroatoms. The summed E-state index contributed by atoms with van der Waals surface area (Å²) >= 11 is 1.63. The Morgan fingerprint density at radius 3 is 2.63 bits per heavy atom. The lowest BCUT2D eigenvalue weighted by Crippen LogP contribution is -2.68. The Hall–Kier alpha value is -2.86. The molecule has 38 heavy (non-hydrogen) atoms. The Balaban J connectivity index is 2.17. The van der Waals surface area contributed by atoms with Crippen LogP contribution in [0.2, 0.25) is 0 Å². The number of amides is 3. The fourth-order valence-corrected chi connectivity index (χ4v) is 4.40. The van der Waals surface area contributed by atoms with Crippen LogP contribution in [0.4, 0.5) is 0 Å². The molecule has 5 N–H and O–H groups in total. The van der Waals surface area contributed by atoms with E-state index in [-0.39, 0.29) is 6.61 Å². The van der Waals surface area contributed by atoms with E-state index in [0.717, 1.165) is 5.75 Å². The number of nitrogens with zero attached hydrogens (tertiary/aromatic N) is 1. The number of nitrogens with one attached hydrogen (secondary N) is 2. The highest BCUT2D eigenvalue weighted by atomic mass is 32.2. The standard InChI is InChI=1S/C25H33N3O9S/c1-3-38-13-7-12-36-25(24(34)28-35)14-18(30)21(27-16(2)29)23(37-25)22(33)19(31)15-26-20(32)11-10-17-8-5-4-6-9-17/h4-6,8-9,18-19,21-23,30-31,33H,3,7,12-15H2,1-2H3,(H,26,32)(H,27,29). The molecule has 0 radical (unpaired) electrons. The molecular formula is C25H33N3O9S. The molecule has 1 saturated heterocycles. The van der Waals surface area contributed by atoms with Crippen LogP contribution in [0.15, 0.2) is 35.5 Å². The molecule has 2 rings (SSSR count). The first kappa shape index (κ1) is 31.4. The molecule has 12 nitrogen and oxygen atoms in total. The molecule has 0 bridgehead atoms. The van der Waals surface area contributed by atoms with Crippen LogP contribution in [0.25, 0.3) is 0 Å². The normalized spacial score (nSPS) is 24.3. The van der Waals surface area contributed by atoms with Crippen LogP contribution in [-0.2, 0) is 23.9 Å². The fraction of sp³-hybridized carbons (Fsp3) is 0.560. The summed E-state index contributed by atoms with van der Waals surface area (Å²) in [6, 6.07) is 7.44. The third-order valence-electron chi connectivity index (χ3n) is 5.62. The molecule has 0 spiro atoms. The van der Waals surface area contributed by atoms with Crippen molar-refractivity contribution >= 4 is 29.5 Å². The average molecular weight is 552 g/mol. The first-order valence-electron chi connectivity index (χ1n) is 12.1. The smallest absolute Gasteiger partial charge is 0.345 e. The number of aliphatic hydroxyl groups is 3. The van der Waals surface area contributed by atoms with E-state index < -0.39 is 66.9 Å². The Morgan fingerprint density at radius 1 is 1.29 bits per heavy atom. The van der Waals surface area contributed by atoms with Crippen molar-refractivity contribution in [1.82, 2.24) is 10.6 Å². The summed E-state index contributed by atoms with van der Waals surface area (Å²) in [7, 11) is 0. The molecule has 1 aliphatic rings. The number of carbonyl (C=O) groups is 3. The van der Waals surface area contributed by atoms with Crippen molar-refractivity contribution in [3.05, 3.63) is 40.8 Å². The second-order valence-electron chi connectivity index (χ2n) is 8.51. The van der Waals surface area contributed by atoms with E-state index in [1.807, 2.05) is 6.92 Å². The van der Waals surface area contributed by atoms with Gasteiger partial charge in [0.05, 0.1) is 24.9 Å². The summed E-state index contributed by atoms with van der Waals surface area (Å²) in [6.07, 6.45) is -6.70. The molecule has 1 aromatic carbocycles. The zero-order valence-corrected chi connectivity index (χ0v) is 22.0. The topological polar surface area (TPSA) is 184 Å². The fourth-order valence-electron chi connectivity index (χ4n) is 3.79. The van der Waals surface area contributed by atoms with Crippen LogP contribution >= 0.6 is 11.8 Å². The van der Waals surface area contributed by atoms with Crippen molar-refractivity contribution < 1.29 is 39.2 Å². The predicted octanol–water partition coefficient (Wildman–Crippen LogP) is -0.320. The number of hydrogen-bond acceptors (Lipinski definition) is 10. The van der Waals surface area contributed by atoms with Crippen molar-refractivity contribution in [2.75, 3.05) is 24.7 Å². The van der Waals surface area contributed by atoms with Gasteiger partial charge in [-0.2, -0.15) is 11.8 Å². The van der Waals surface area contributed by atoms with E-state index in [4.69, 9.17) is 9.47 Å². The number of aliphatic hydroxyl groups excluding tert-OH is 3. The number of nitroso groups, excluding NO2 is 1. The van der Waals surface area contributed by atoms with Crippen LogP contribution in [0.3, 0.4) is 0 Å². The zero-order valence-electron chi connectivity index (χ0n) is 21.2. The van der Waals surface area contributed by atoms with Crippen molar-refractivity contribution in [3.63, 3.8) is 0 Å². The quantitative estimate of drug-likeness (QED) is 0.131. The van der Waals surface area contributed by atoms with Gasteiger partial charge in [-0.25, -0.2) is 0 Å². The molecule has 1 fully saturated rings. The van der Waals surface area contributed by atoms with E-state index in [1.54, 1.807) is 42.1 Å². The van der Waals surface area contributed by atoms with Gasteiger partial charge in [-0.3, -0.25) is 14.4 Å². The first-order valence-corrected chi connectivity index (χ1v) is 13.2. The number of thioether (sulfide) groups is 1. The van der Waals surface area contributed by atoms with Crippen LogP contribution in [-0.4, -0.2) is 93.9 Å². The van der Waals surface area contributed by atoms with Gasteiger partial charge in [0.1, 0.15) is 12.2 Å². The minimum absolute atomic E-state index is 0.0205. The maximum atomic E-state index is 12.5. The maximum Gasteiger partial charge on any atom is 0.345 e. The van der Waals surface area contributed by atoms with Crippen LogP contribution in [0.5, 0.6) is 0 Å². The summed E-state index contributed by atoms with van der Waals surface area (Å²) in [5, 5.41) is 39.4. The highest BCUT2D eigenvalue weighted by Crippen LogP contribution is 2.34.